The fourth-order valence-corrected chi connectivity index (χ4v) is 5.53. The topological polar surface area (TPSA) is 375 Å². The SMILES string of the molecule is CCOCCNC(=O)C(CCCCNC(=O)CCC(=O)NCCOCCON)NC(=O)C(CCCCNC(=O)CCC(=O)NCCOCCON)NC(=O)CCC(=O)NCCOCCON. The van der Waals surface area contributed by atoms with E-state index >= 15 is 0 Å². The predicted molar refractivity (Wildman–Crippen MR) is 237 cm³/mol. The molecular weight excluding hydrogens is 875 g/mol. The fraction of sp³-hybridized carbons (Fsp3) is 0.800. The standard InChI is InChI=1S/C40H77N11O15/c1-2-60-21-20-49-39(58)31(7-3-5-15-44-33(52)9-11-35(54)46-17-22-61-25-28-64-41)51-40(59)32(50-38(57)14-13-37(56)48-19-24-63-27-30-66-43)8-4-6-16-45-34(53)10-12-36(55)47-18-23-62-26-29-65-42/h31-32H,2-30,41-43H2,1H3,(H,44,52)(H,45,53)(H,46,54)(H,47,55)(H,48,56)(H,49,58)(H,50,57)(H,51,59). The molecule has 0 bridgehead atoms. The van der Waals surface area contributed by atoms with Gasteiger partial charge in [0.15, 0.2) is 0 Å². The van der Waals surface area contributed by atoms with Gasteiger partial charge in [0.1, 0.15) is 12.1 Å². The summed E-state index contributed by atoms with van der Waals surface area (Å²) in [6.45, 7) is 6.13. The van der Waals surface area contributed by atoms with E-state index < -0.39 is 35.7 Å². The van der Waals surface area contributed by atoms with Gasteiger partial charge < -0.3 is 76.0 Å². The summed E-state index contributed by atoms with van der Waals surface area (Å²) in [5.74, 6) is 11.4. The van der Waals surface area contributed by atoms with Gasteiger partial charge in [-0.3, -0.25) is 38.4 Å². The molecule has 0 aromatic heterocycles. The quantitative estimate of drug-likeness (QED) is 0.0205. The second kappa shape index (κ2) is 44.2. The molecule has 0 spiro atoms. The second-order valence-electron chi connectivity index (χ2n) is 14.4. The number of hydrogen-bond acceptors (Lipinski definition) is 18. The Morgan fingerprint density at radius 3 is 1.08 bits per heavy atom. The van der Waals surface area contributed by atoms with Crippen LogP contribution in [0.15, 0.2) is 0 Å². The Morgan fingerprint density at radius 2 is 0.697 bits per heavy atom. The van der Waals surface area contributed by atoms with Gasteiger partial charge in [-0.2, -0.15) is 0 Å². The summed E-state index contributed by atoms with van der Waals surface area (Å²) in [5.41, 5.74) is 0. The minimum atomic E-state index is -1.10. The molecule has 2 atom stereocenters. The van der Waals surface area contributed by atoms with E-state index in [0.717, 1.165) is 0 Å². The lowest BCUT2D eigenvalue weighted by Crippen LogP contribution is -2.54. The number of hydrogen-bond donors (Lipinski definition) is 11. The lowest BCUT2D eigenvalue weighted by Gasteiger charge is -2.23. The molecule has 14 N–H and O–H groups in total. The highest BCUT2D eigenvalue weighted by Gasteiger charge is 2.27. The van der Waals surface area contributed by atoms with Crippen LogP contribution in [-0.2, 0) is 71.8 Å². The number of unbranched alkanes of at least 4 members (excludes halogenated alkanes) is 2. The molecule has 0 saturated carbocycles. The summed E-state index contributed by atoms with van der Waals surface area (Å²) in [6.07, 6.45) is 1.49. The summed E-state index contributed by atoms with van der Waals surface area (Å²) in [5, 5.41) is 21.6. The minimum absolute atomic E-state index is 0.0134. The van der Waals surface area contributed by atoms with Crippen LogP contribution in [0.25, 0.3) is 0 Å². The summed E-state index contributed by atoms with van der Waals surface area (Å²) < 4.78 is 21.0. The molecule has 8 amide bonds. The van der Waals surface area contributed by atoms with E-state index in [0.29, 0.717) is 32.3 Å². The van der Waals surface area contributed by atoms with Gasteiger partial charge in [-0.05, 0) is 45.4 Å². The van der Waals surface area contributed by atoms with Gasteiger partial charge in [0.05, 0.1) is 66.1 Å². The van der Waals surface area contributed by atoms with E-state index in [1.54, 1.807) is 0 Å². The monoisotopic (exact) mass is 952 g/mol. The zero-order chi connectivity index (χ0) is 48.9. The van der Waals surface area contributed by atoms with Crippen molar-refractivity contribution in [2.75, 3.05) is 112 Å². The Morgan fingerprint density at radius 1 is 0.364 bits per heavy atom. The first-order valence-electron chi connectivity index (χ1n) is 22.4. The number of nitrogens with two attached hydrogens (primary N) is 3. The van der Waals surface area contributed by atoms with Crippen LogP contribution in [-0.4, -0.2) is 171 Å². The van der Waals surface area contributed by atoms with Gasteiger partial charge in [0, 0.05) is 84.4 Å². The molecular formula is C40H77N11O15. The maximum absolute atomic E-state index is 13.8. The Hall–Kier alpha value is -4.64. The van der Waals surface area contributed by atoms with Crippen molar-refractivity contribution in [3.8, 4) is 0 Å². The van der Waals surface area contributed by atoms with Crippen molar-refractivity contribution in [1.82, 2.24) is 42.5 Å². The lowest BCUT2D eigenvalue weighted by molar-refractivity contribution is -0.133. The van der Waals surface area contributed by atoms with Crippen LogP contribution in [0, 0.1) is 0 Å². The first-order chi connectivity index (χ1) is 32.0. The van der Waals surface area contributed by atoms with Crippen LogP contribution in [0.5, 0.6) is 0 Å². The maximum Gasteiger partial charge on any atom is 0.243 e. The van der Waals surface area contributed by atoms with Crippen molar-refractivity contribution in [3.05, 3.63) is 0 Å². The average molecular weight is 952 g/mol. The molecule has 0 aliphatic carbocycles. The molecule has 0 aromatic carbocycles. The van der Waals surface area contributed by atoms with E-state index in [-0.39, 0.29) is 180 Å². The largest absolute Gasteiger partial charge is 0.380 e. The van der Waals surface area contributed by atoms with Crippen molar-refractivity contribution in [3.63, 3.8) is 0 Å². The number of ether oxygens (including phenoxy) is 4. The highest BCUT2D eigenvalue weighted by atomic mass is 16.6. The smallest absolute Gasteiger partial charge is 0.243 e. The van der Waals surface area contributed by atoms with Crippen molar-refractivity contribution < 1.29 is 71.8 Å². The van der Waals surface area contributed by atoms with Gasteiger partial charge in [0.2, 0.25) is 47.3 Å². The molecule has 0 radical (unpaired) electrons. The molecule has 382 valence electrons. The van der Waals surface area contributed by atoms with Crippen LogP contribution >= 0.6 is 0 Å². The van der Waals surface area contributed by atoms with Gasteiger partial charge in [-0.1, -0.05) is 0 Å². The summed E-state index contributed by atoms with van der Waals surface area (Å²) in [6, 6.07) is -2.11. The van der Waals surface area contributed by atoms with Crippen molar-refractivity contribution in [1.29, 1.82) is 0 Å². The van der Waals surface area contributed by atoms with E-state index in [1.165, 1.54) is 0 Å². The van der Waals surface area contributed by atoms with Crippen LogP contribution in [0.2, 0.25) is 0 Å². The molecule has 0 saturated heterocycles. The molecule has 26 nitrogen and oxygen atoms in total. The molecule has 26 heteroatoms. The first-order valence-corrected chi connectivity index (χ1v) is 22.4. The Balaban J connectivity index is 5.31. The normalized spacial score (nSPS) is 11.8. The van der Waals surface area contributed by atoms with Crippen LogP contribution in [0.1, 0.15) is 84.0 Å². The third kappa shape index (κ3) is 38.6. The second-order valence-corrected chi connectivity index (χ2v) is 14.4. The van der Waals surface area contributed by atoms with Gasteiger partial charge in [-0.15, -0.1) is 0 Å². The number of carbonyl (C=O) groups is 8. The predicted octanol–water partition coefficient (Wildman–Crippen LogP) is -3.91. The lowest BCUT2D eigenvalue weighted by atomic mass is 10.0. The molecule has 0 aliphatic heterocycles. The van der Waals surface area contributed by atoms with E-state index in [4.69, 9.17) is 36.6 Å². The Kier molecular flexibility index (Phi) is 41.1. The molecule has 2 unspecified atom stereocenters. The van der Waals surface area contributed by atoms with E-state index in [9.17, 15) is 38.4 Å². The van der Waals surface area contributed by atoms with E-state index in [2.05, 4.69) is 57.0 Å². The minimum Gasteiger partial charge on any atom is -0.380 e. The number of amides is 8. The maximum atomic E-state index is 13.8. The fourth-order valence-electron chi connectivity index (χ4n) is 5.53. The molecule has 0 fully saturated rings. The van der Waals surface area contributed by atoms with Crippen LogP contribution < -0.4 is 60.2 Å². The molecule has 66 heavy (non-hydrogen) atoms. The van der Waals surface area contributed by atoms with Crippen molar-refractivity contribution in [2.24, 2.45) is 17.7 Å². The summed E-state index contributed by atoms with van der Waals surface area (Å²) in [7, 11) is 0. The highest BCUT2D eigenvalue weighted by Crippen LogP contribution is 2.07. The van der Waals surface area contributed by atoms with Gasteiger partial charge >= 0.3 is 0 Å². The molecule has 0 aromatic rings. The van der Waals surface area contributed by atoms with E-state index in [1.807, 2.05) is 6.92 Å². The van der Waals surface area contributed by atoms with Crippen molar-refractivity contribution in [2.45, 2.75) is 96.1 Å². The van der Waals surface area contributed by atoms with Crippen molar-refractivity contribution >= 4 is 47.3 Å². The third-order valence-corrected chi connectivity index (χ3v) is 9.00. The van der Waals surface area contributed by atoms with Crippen LogP contribution in [0.4, 0.5) is 0 Å². The average Bonchev–Trinajstić information content (AvgIpc) is 3.30. The van der Waals surface area contributed by atoms with Gasteiger partial charge in [0.25, 0.3) is 0 Å². The summed E-state index contributed by atoms with van der Waals surface area (Å²) >= 11 is 0. The molecule has 0 heterocycles. The first kappa shape index (κ1) is 61.4. The molecule has 0 aliphatic rings. The number of nitrogens with one attached hydrogen (secondary N) is 8. The summed E-state index contributed by atoms with van der Waals surface area (Å²) in [4.78, 5) is 114. The Bertz CT molecular complexity index is 1350. The number of carbonyl (C=O) groups excluding carboxylic acids is 8. The molecule has 0 rings (SSSR count). The highest BCUT2D eigenvalue weighted by molar-refractivity contribution is 5.92. The zero-order valence-electron chi connectivity index (χ0n) is 38.5. The Labute approximate surface area is 386 Å². The van der Waals surface area contributed by atoms with Crippen LogP contribution in [0.3, 0.4) is 0 Å². The number of rotatable bonds is 45. The third-order valence-electron chi connectivity index (χ3n) is 9.00. The zero-order valence-corrected chi connectivity index (χ0v) is 38.5. The van der Waals surface area contributed by atoms with Gasteiger partial charge in [-0.25, -0.2) is 17.7 Å².